The van der Waals surface area contributed by atoms with Crippen molar-refractivity contribution < 1.29 is 22.4 Å². The van der Waals surface area contributed by atoms with Crippen LogP contribution < -0.4 is 9.62 Å². The van der Waals surface area contributed by atoms with E-state index in [1.807, 2.05) is 30.3 Å². The van der Waals surface area contributed by atoms with E-state index in [9.17, 15) is 22.4 Å². The Bertz CT molecular complexity index is 1390. The summed E-state index contributed by atoms with van der Waals surface area (Å²) in [7, 11) is -3.91. The zero-order valence-corrected chi connectivity index (χ0v) is 23.1. The molecule has 0 radical (unpaired) electrons. The zero-order valence-electron chi connectivity index (χ0n) is 21.5. The fourth-order valence-electron chi connectivity index (χ4n) is 4.15. The van der Waals surface area contributed by atoms with Crippen LogP contribution in [-0.4, -0.2) is 50.5 Å². The van der Waals surface area contributed by atoms with Crippen molar-refractivity contribution >= 4 is 39.1 Å². The number of rotatable bonds is 11. The van der Waals surface area contributed by atoms with Crippen LogP contribution in [0.4, 0.5) is 10.1 Å². The summed E-state index contributed by atoms with van der Waals surface area (Å²) in [5.41, 5.74) is 1.84. The second-order valence-corrected chi connectivity index (χ2v) is 11.3. The molecule has 0 unspecified atom stereocenters. The second kappa shape index (κ2) is 12.9. The molecule has 0 aliphatic heterocycles. The van der Waals surface area contributed by atoms with Gasteiger partial charge in [-0.25, -0.2) is 12.8 Å². The molecular weight excluding hydrogens is 529 g/mol. The molecule has 0 aliphatic rings. The fraction of sp³-hybridized carbons (Fsp3) is 0.286. The van der Waals surface area contributed by atoms with Crippen molar-refractivity contribution in [3.8, 4) is 0 Å². The summed E-state index contributed by atoms with van der Waals surface area (Å²) in [5.74, 6) is -1.61. The minimum absolute atomic E-state index is 0.158. The Balaban J connectivity index is 2.07. The first kappa shape index (κ1) is 29.1. The number of carbonyl (C=O) groups is 2. The zero-order chi connectivity index (χ0) is 27.9. The molecule has 0 heterocycles. The Labute approximate surface area is 228 Å². The molecule has 3 aromatic carbocycles. The van der Waals surface area contributed by atoms with E-state index in [-0.39, 0.29) is 24.2 Å². The molecule has 0 bridgehead atoms. The van der Waals surface area contributed by atoms with E-state index in [4.69, 9.17) is 11.6 Å². The molecule has 0 spiro atoms. The molecule has 3 rings (SSSR count). The van der Waals surface area contributed by atoms with Gasteiger partial charge in [0, 0.05) is 30.1 Å². The molecule has 0 saturated carbocycles. The Morgan fingerprint density at radius 2 is 1.68 bits per heavy atom. The average molecular weight is 560 g/mol. The minimum Gasteiger partial charge on any atom is -0.355 e. The summed E-state index contributed by atoms with van der Waals surface area (Å²) in [6.45, 7) is 2.96. The van der Waals surface area contributed by atoms with Crippen LogP contribution in [0.1, 0.15) is 23.6 Å². The van der Waals surface area contributed by atoms with Crippen molar-refractivity contribution in [2.75, 3.05) is 23.7 Å². The van der Waals surface area contributed by atoms with Crippen molar-refractivity contribution in [1.82, 2.24) is 10.2 Å². The third kappa shape index (κ3) is 7.55. The van der Waals surface area contributed by atoms with E-state index in [0.29, 0.717) is 17.1 Å². The first-order chi connectivity index (χ1) is 18.0. The van der Waals surface area contributed by atoms with Gasteiger partial charge in [0.2, 0.25) is 21.8 Å². The topological polar surface area (TPSA) is 86.8 Å². The van der Waals surface area contributed by atoms with Crippen LogP contribution in [0.15, 0.2) is 72.8 Å². The number of amides is 2. The van der Waals surface area contributed by atoms with Gasteiger partial charge < -0.3 is 10.2 Å². The third-order valence-electron chi connectivity index (χ3n) is 6.03. The monoisotopic (exact) mass is 559 g/mol. The van der Waals surface area contributed by atoms with Gasteiger partial charge in [-0.2, -0.15) is 0 Å². The van der Waals surface area contributed by atoms with Crippen molar-refractivity contribution in [1.29, 1.82) is 0 Å². The lowest BCUT2D eigenvalue weighted by atomic mass is 10.0. The normalized spacial score (nSPS) is 12.0. The molecule has 3 aromatic rings. The Kier molecular flexibility index (Phi) is 9.88. The first-order valence-electron chi connectivity index (χ1n) is 12.1. The predicted molar refractivity (Wildman–Crippen MR) is 148 cm³/mol. The summed E-state index contributed by atoms with van der Waals surface area (Å²) in [4.78, 5) is 28.4. The lowest BCUT2D eigenvalue weighted by Crippen LogP contribution is -2.53. The van der Waals surface area contributed by atoms with Gasteiger partial charge in [-0.15, -0.1) is 0 Å². The Morgan fingerprint density at radius 3 is 2.29 bits per heavy atom. The number of anilines is 1. The van der Waals surface area contributed by atoms with Crippen molar-refractivity contribution in [2.24, 2.45) is 0 Å². The smallest absolute Gasteiger partial charge is 0.244 e. The molecule has 38 heavy (non-hydrogen) atoms. The maximum atomic E-state index is 14.7. The third-order valence-corrected chi connectivity index (χ3v) is 7.39. The van der Waals surface area contributed by atoms with Crippen LogP contribution in [0.2, 0.25) is 5.02 Å². The van der Waals surface area contributed by atoms with E-state index in [1.54, 1.807) is 26.0 Å². The van der Waals surface area contributed by atoms with E-state index in [2.05, 4.69) is 5.32 Å². The Morgan fingerprint density at radius 1 is 1.03 bits per heavy atom. The van der Waals surface area contributed by atoms with Gasteiger partial charge in [0.15, 0.2) is 0 Å². The fourth-order valence-corrected chi connectivity index (χ4v) is 5.28. The number of benzene rings is 3. The van der Waals surface area contributed by atoms with Gasteiger partial charge in [0.05, 0.1) is 11.9 Å². The lowest BCUT2D eigenvalue weighted by Gasteiger charge is -2.33. The molecule has 2 amide bonds. The van der Waals surface area contributed by atoms with Crippen LogP contribution in [0, 0.1) is 12.7 Å². The van der Waals surface area contributed by atoms with Crippen LogP contribution in [0.25, 0.3) is 0 Å². The van der Waals surface area contributed by atoms with Crippen molar-refractivity contribution in [2.45, 2.75) is 32.9 Å². The highest BCUT2D eigenvalue weighted by Gasteiger charge is 2.33. The van der Waals surface area contributed by atoms with Gasteiger partial charge in [-0.05, 0) is 49.2 Å². The first-order valence-corrected chi connectivity index (χ1v) is 14.3. The number of sulfonamides is 1. The number of halogens is 2. The van der Waals surface area contributed by atoms with Gasteiger partial charge in [0.25, 0.3) is 0 Å². The largest absolute Gasteiger partial charge is 0.355 e. The van der Waals surface area contributed by atoms with Crippen LogP contribution in [-0.2, 0) is 32.6 Å². The molecular formula is C28H31ClFN3O4S. The van der Waals surface area contributed by atoms with Gasteiger partial charge in [-0.3, -0.25) is 13.9 Å². The summed E-state index contributed by atoms with van der Waals surface area (Å²) in [6.07, 6.45) is 1.16. The molecule has 10 heteroatoms. The van der Waals surface area contributed by atoms with Crippen LogP contribution in [0.3, 0.4) is 0 Å². The standard InChI is InChI=1S/C28H31ClFN3O4S/c1-4-31-28(35)26(17-21-10-6-5-7-11-21)32(18-22-12-8-9-13-24(22)30)27(34)19-33(38(3,36)37)25-15-14-23(29)16-20(25)2/h5-16,26H,4,17-19H2,1-3H3,(H,31,35)/t26-/m0/s1. The number of nitrogens with zero attached hydrogens (tertiary/aromatic N) is 2. The number of aryl methyl sites for hydroxylation is 1. The second-order valence-electron chi connectivity index (χ2n) is 8.91. The molecule has 1 atom stereocenters. The molecule has 7 nitrogen and oxygen atoms in total. The average Bonchev–Trinajstić information content (AvgIpc) is 2.86. The maximum absolute atomic E-state index is 14.7. The highest BCUT2D eigenvalue weighted by molar-refractivity contribution is 7.92. The van der Waals surface area contributed by atoms with Crippen LogP contribution in [0.5, 0.6) is 0 Å². The molecule has 0 saturated heterocycles. The summed E-state index contributed by atoms with van der Waals surface area (Å²) in [5, 5.41) is 3.18. The van der Waals surface area contributed by atoms with E-state index in [0.717, 1.165) is 16.1 Å². The molecule has 1 N–H and O–H groups in total. The van der Waals surface area contributed by atoms with Crippen LogP contribution >= 0.6 is 11.6 Å². The predicted octanol–water partition coefficient (Wildman–Crippen LogP) is 4.33. The summed E-state index contributed by atoms with van der Waals surface area (Å²) < 4.78 is 41.3. The van der Waals surface area contributed by atoms with E-state index in [1.165, 1.54) is 35.2 Å². The minimum atomic E-state index is -3.91. The SMILES string of the molecule is CCNC(=O)[C@H](Cc1ccccc1)N(Cc1ccccc1F)C(=O)CN(c1ccc(Cl)cc1C)S(C)(=O)=O. The number of hydrogen-bond donors (Lipinski definition) is 1. The van der Waals surface area contributed by atoms with Gasteiger partial charge >= 0.3 is 0 Å². The Hall–Kier alpha value is -3.43. The molecule has 202 valence electrons. The van der Waals surface area contributed by atoms with Gasteiger partial charge in [0.1, 0.15) is 18.4 Å². The van der Waals surface area contributed by atoms with E-state index < -0.39 is 40.2 Å². The lowest BCUT2D eigenvalue weighted by molar-refractivity contribution is -0.140. The summed E-state index contributed by atoms with van der Waals surface area (Å²) >= 11 is 6.06. The number of nitrogens with one attached hydrogen (secondary N) is 1. The molecule has 0 aliphatic carbocycles. The maximum Gasteiger partial charge on any atom is 0.244 e. The number of hydrogen-bond acceptors (Lipinski definition) is 4. The van der Waals surface area contributed by atoms with E-state index >= 15 is 0 Å². The van der Waals surface area contributed by atoms with Gasteiger partial charge in [-0.1, -0.05) is 60.1 Å². The number of likely N-dealkylation sites (N-methyl/N-ethyl adjacent to an activating group) is 1. The van der Waals surface area contributed by atoms with Crippen molar-refractivity contribution in [3.63, 3.8) is 0 Å². The highest BCUT2D eigenvalue weighted by atomic mass is 35.5. The number of carbonyl (C=O) groups excluding carboxylic acids is 2. The quantitative estimate of drug-likeness (QED) is 0.379. The summed E-state index contributed by atoms with van der Waals surface area (Å²) in [6, 6.07) is 18.8. The molecule has 0 aromatic heterocycles. The highest BCUT2D eigenvalue weighted by Crippen LogP contribution is 2.26. The van der Waals surface area contributed by atoms with Crippen molar-refractivity contribution in [3.05, 3.63) is 100 Å². The molecule has 0 fully saturated rings.